The van der Waals surface area contributed by atoms with Crippen LogP contribution in [0.4, 0.5) is 16.3 Å². The standard InChI is InChI=1S/C29H33ClN6O4S/c1-28(2,3)40-27(37)36-16-15-35(18-29(36,38)12-13-31)25-20-11-14-34(17-22(20)32-26(33-25)41(4)39)23-10-6-8-19-7-5-9-21(30)24(19)23/h5-10,38H,11-12,14-18H2,1-4H3/t29-,41?/m0/s1. The minimum atomic E-state index is -1.79. The Morgan fingerprint density at radius 1 is 1.17 bits per heavy atom. The van der Waals surface area contributed by atoms with E-state index in [1.165, 1.54) is 11.2 Å². The maximum atomic E-state index is 12.9. The number of hydrogen-bond donors (Lipinski definition) is 1. The second-order valence-corrected chi connectivity index (χ2v) is 13.0. The molecule has 216 valence electrons. The van der Waals surface area contributed by atoms with Crippen LogP contribution in [0.25, 0.3) is 10.8 Å². The van der Waals surface area contributed by atoms with E-state index in [0.717, 1.165) is 27.7 Å². The molecule has 0 spiro atoms. The molecule has 10 nitrogen and oxygen atoms in total. The van der Waals surface area contributed by atoms with Crippen molar-refractivity contribution < 1.29 is 18.8 Å². The molecule has 1 saturated heterocycles. The van der Waals surface area contributed by atoms with E-state index in [-0.39, 0.29) is 24.7 Å². The largest absolute Gasteiger partial charge is 0.444 e. The number of nitrogens with zero attached hydrogens (tertiary/aromatic N) is 6. The lowest BCUT2D eigenvalue weighted by Gasteiger charge is -2.47. The van der Waals surface area contributed by atoms with Crippen LogP contribution in [0, 0.1) is 11.3 Å². The third-order valence-corrected chi connectivity index (χ3v) is 8.28. The number of hydrogen-bond acceptors (Lipinski definition) is 9. The van der Waals surface area contributed by atoms with Crippen molar-refractivity contribution in [3.05, 3.63) is 52.7 Å². The van der Waals surface area contributed by atoms with Crippen molar-refractivity contribution in [2.75, 3.05) is 42.2 Å². The smallest absolute Gasteiger partial charge is 0.412 e. The number of rotatable bonds is 4. The fraction of sp³-hybridized carbons (Fsp3) is 0.448. The highest BCUT2D eigenvalue weighted by molar-refractivity contribution is 7.84. The summed E-state index contributed by atoms with van der Waals surface area (Å²) in [6.07, 6.45) is 1.14. The fourth-order valence-electron chi connectivity index (χ4n) is 5.46. The van der Waals surface area contributed by atoms with Gasteiger partial charge in [0, 0.05) is 42.5 Å². The molecule has 2 aromatic carbocycles. The van der Waals surface area contributed by atoms with Crippen LogP contribution in [0.5, 0.6) is 0 Å². The zero-order valence-electron chi connectivity index (χ0n) is 23.6. The van der Waals surface area contributed by atoms with Gasteiger partial charge >= 0.3 is 6.09 Å². The van der Waals surface area contributed by atoms with Gasteiger partial charge in [0.05, 0.1) is 47.1 Å². The van der Waals surface area contributed by atoms with Gasteiger partial charge in [0.1, 0.15) is 11.4 Å². The SMILES string of the molecule is CS(=O)c1nc2c(c(N3CCN(C(=O)OC(C)(C)C)[C@](O)(CC#N)C3)n1)CCN(c1cccc3cccc(Cl)c13)C2. The first-order valence-corrected chi connectivity index (χ1v) is 15.3. The lowest BCUT2D eigenvalue weighted by atomic mass is 10.00. The number of piperazine rings is 1. The van der Waals surface area contributed by atoms with Gasteiger partial charge in [0.15, 0.2) is 5.72 Å². The summed E-state index contributed by atoms with van der Waals surface area (Å²) in [4.78, 5) is 27.6. The first-order chi connectivity index (χ1) is 19.4. The highest BCUT2D eigenvalue weighted by atomic mass is 35.5. The molecular weight excluding hydrogens is 564 g/mol. The number of benzene rings is 2. The molecule has 0 radical (unpaired) electrons. The topological polar surface area (TPSA) is 123 Å². The Balaban J connectivity index is 1.50. The van der Waals surface area contributed by atoms with Crippen LogP contribution in [-0.4, -0.2) is 74.0 Å². The number of halogens is 1. The number of β-amino-alcohol motifs (C(OH)–C–C–N with tert-alkyl or cyclic N) is 1. The number of ether oxygens (including phenoxy) is 1. The van der Waals surface area contributed by atoms with E-state index in [4.69, 9.17) is 21.3 Å². The molecule has 0 saturated carbocycles. The first kappa shape index (κ1) is 29.0. The predicted molar refractivity (Wildman–Crippen MR) is 158 cm³/mol. The van der Waals surface area contributed by atoms with Crippen LogP contribution in [0.2, 0.25) is 5.02 Å². The third-order valence-electron chi connectivity index (χ3n) is 7.27. The van der Waals surface area contributed by atoms with E-state index < -0.39 is 28.2 Å². The normalized spacial score (nSPS) is 20.0. The molecule has 41 heavy (non-hydrogen) atoms. The number of carbonyl (C=O) groups is 1. The van der Waals surface area contributed by atoms with Gasteiger partial charge in [-0.2, -0.15) is 5.26 Å². The Hall–Kier alpha value is -3.46. The molecule has 3 aromatic rings. The molecular formula is C29H33ClN6O4S. The average Bonchev–Trinajstić information content (AvgIpc) is 2.90. The summed E-state index contributed by atoms with van der Waals surface area (Å²) in [5.74, 6) is 0.566. The molecule has 2 aliphatic rings. The molecule has 2 atom stereocenters. The number of aromatic nitrogens is 2. The van der Waals surface area contributed by atoms with Gasteiger partial charge < -0.3 is 19.6 Å². The van der Waals surface area contributed by atoms with Gasteiger partial charge in [-0.25, -0.2) is 14.8 Å². The summed E-state index contributed by atoms with van der Waals surface area (Å²) in [5, 5.41) is 24.0. The summed E-state index contributed by atoms with van der Waals surface area (Å²) in [7, 11) is -1.46. The molecule has 12 heteroatoms. The highest BCUT2D eigenvalue weighted by Gasteiger charge is 2.45. The molecule has 0 bridgehead atoms. The predicted octanol–water partition coefficient (Wildman–Crippen LogP) is 4.24. The molecule has 1 amide bonds. The quantitative estimate of drug-likeness (QED) is 0.440. The summed E-state index contributed by atoms with van der Waals surface area (Å²) in [6, 6.07) is 13.9. The monoisotopic (exact) mass is 596 g/mol. The van der Waals surface area contributed by atoms with Gasteiger partial charge in [0.2, 0.25) is 5.16 Å². The van der Waals surface area contributed by atoms with Crippen molar-refractivity contribution in [1.29, 1.82) is 5.26 Å². The van der Waals surface area contributed by atoms with Crippen LogP contribution in [0.3, 0.4) is 0 Å². The van der Waals surface area contributed by atoms with Crippen molar-refractivity contribution in [2.45, 2.75) is 56.6 Å². The Bertz CT molecular complexity index is 1570. The number of nitriles is 1. The molecule has 1 unspecified atom stereocenters. The van der Waals surface area contributed by atoms with Crippen molar-refractivity contribution in [1.82, 2.24) is 14.9 Å². The first-order valence-electron chi connectivity index (χ1n) is 13.4. The fourth-order valence-corrected chi connectivity index (χ4v) is 6.19. The molecule has 1 fully saturated rings. The van der Waals surface area contributed by atoms with E-state index in [9.17, 15) is 19.4 Å². The molecule has 1 aromatic heterocycles. The minimum absolute atomic E-state index is 0.0539. The van der Waals surface area contributed by atoms with Gasteiger partial charge in [-0.1, -0.05) is 35.9 Å². The van der Waals surface area contributed by atoms with Gasteiger partial charge in [-0.3, -0.25) is 9.11 Å². The average molecular weight is 597 g/mol. The van der Waals surface area contributed by atoms with Gasteiger partial charge in [0.25, 0.3) is 0 Å². The molecule has 5 rings (SSSR count). The van der Waals surface area contributed by atoms with Gasteiger partial charge in [-0.05, 0) is 44.7 Å². The van der Waals surface area contributed by atoms with E-state index in [1.807, 2.05) is 47.4 Å². The molecule has 0 aliphatic carbocycles. The maximum absolute atomic E-state index is 12.9. The number of amides is 1. The van der Waals surface area contributed by atoms with Crippen LogP contribution >= 0.6 is 11.6 Å². The lowest BCUT2D eigenvalue weighted by molar-refractivity contribution is -0.107. The Morgan fingerprint density at radius 3 is 2.59 bits per heavy atom. The summed E-state index contributed by atoms with van der Waals surface area (Å²) in [5.41, 5.74) is 0.0838. The van der Waals surface area contributed by atoms with Crippen molar-refractivity contribution in [3.63, 3.8) is 0 Å². The van der Waals surface area contributed by atoms with E-state index in [2.05, 4.69) is 9.88 Å². The van der Waals surface area contributed by atoms with E-state index in [0.29, 0.717) is 36.9 Å². The highest BCUT2D eigenvalue weighted by Crippen LogP contribution is 2.37. The molecule has 3 heterocycles. The number of carbonyl (C=O) groups excluding carboxylic acids is 1. The Labute approximate surface area is 246 Å². The summed E-state index contributed by atoms with van der Waals surface area (Å²) >= 11 is 6.61. The third kappa shape index (κ3) is 5.82. The number of anilines is 2. The van der Waals surface area contributed by atoms with Crippen molar-refractivity contribution in [3.8, 4) is 6.07 Å². The van der Waals surface area contributed by atoms with Crippen LogP contribution in [0.15, 0.2) is 41.6 Å². The maximum Gasteiger partial charge on any atom is 0.412 e. The van der Waals surface area contributed by atoms with Crippen LogP contribution < -0.4 is 9.80 Å². The van der Waals surface area contributed by atoms with Crippen molar-refractivity contribution >= 4 is 50.8 Å². The second kappa shape index (κ2) is 11.1. The minimum Gasteiger partial charge on any atom is -0.444 e. The van der Waals surface area contributed by atoms with Crippen LogP contribution in [-0.2, 0) is 28.5 Å². The summed E-state index contributed by atoms with van der Waals surface area (Å²) < 4.78 is 18.1. The number of fused-ring (bicyclic) bond motifs is 2. The lowest BCUT2D eigenvalue weighted by Crippen LogP contribution is -2.65. The Morgan fingerprint density at radius 2 is 1.90 bits per heavy atom. The molecule has 1 N–H and O–H groups in total. The summed E-state index contributed by atoms with van der Waals surface area (Å²) in [6.45, 7) is 6.79. The molecule has 2 aliphatic heterocycles. The zero-order chi connectivity index (χ0) is 29.5. The van der Waals surface area contributed by atoms with Crippen LogP contribution in [0.1, 0.15) is 38.4 Å². The zero-order valence-corrected chi connectivity index (χ0v) is 25.1. The van der Waals surface area contributed by atoms with Gasteiger partial charge in [-0.15, -0.1) is 0 Å². The van der Waals surface area contributed by atoms with Crippen molar-refractivity contribution in [2.24, 2.45) is 0 Å². The van der Waals surface area contributed by atoms with E-state index in [1.54, 1.807) is 20.8 Å². The Kier molecular flexibility index (Phi) is 7.85. The number of aliphatic hydroxyl groups is 1. The second-order valence-electron chi connectivity index (χ2n) is 11.4. The van der Waals surface area contributed by atoms with E-state index >= 15 is 0 Å².